The monoisotopic (exact) mass is 294 g/mol. The minimum absolute atomic E-state index is 0.329. The highest BCUT2D eigenvalue weighted by atomic mass is 32.1. The molecule has 0 aromatic carbocycles. The maximum absolute atomic E-state index is 11.7. The standard InChI is InChI=1S/C13H18N4O2S/c1-4-5-10-12(13(18)19-3)15-16-17(10)7-6-11-9(2)14-8-20-11/h8H,4-7H2,1-3H3. The Morgan fingerprint density at radius 3 is 2.85 bits per heavy atom. The largest absolute Gasteiger partial charge is 0.464 e. The molecule has 0 aliphatic rings. The van der Waals surface area contributed by atoms with E-state index in [1.807, 2.05) is 12.4 Å². The van der Waals surface area contributed by atoms with Crippen LogP contribution in [0.4, 0.5) is 0 Å². The molecule has 0 aliphatic heterocycles. The fourth-order valence-corrected chi connectivity index (χ4v) is 2.80. The first kappa shape index (κ1) is 14.6. The fraction of sp³-hybridized carbons (Fsp3) is 0.538. The van der Waals surface area contributed by atoms with Gasteiger partial charge in [0.2, 0.25) is 0 Å². The van der Waals surface area contributed by atoms with Crippen LogP contribution in [0, 0.1) is 6.92 Å². The van der Waals surface area contributed by atoms with Gasteiger partial charge in [0.25, 0.3) is 0 Å². The number of carbonyl (C=O) groups excluding carboxylic acids is 1. The Bertz CT molecular complexity index is 591. The molecule has 6 nitrogen and oxygen atoms in total. The predicted molar refractivity (Wildman–Crippen MR) is 75.9 cm³/mol. The summed E-state index contributed by atoms with van der Waals surface area (Å²) in [7, 11) is 1.36. The summed E-state index contributed by atoms with van der Waals surface area (Å²) in [4.78, 5) is 17.1. The van der Waals surface area contributed by atoms with Crippen molar-refractivity contribution < 1.29 is 9.53 Å². The lowest BCUT2D eigenvalue weighted by Gasteiger charge is -2.06. The van der Waals surface area contributed by atoms with Gasteiger partial charge in [-0.2, -0.15) is 0 Å². The molecule has 2 heterocycles. The van der Waals surface area contributed by atoms with Crippen LogP contribution in [0.15, 0.2) is 5.51 Å². The molecule has 0 N–H and O–H groups in total. The Morgan fingerprint density at radius 2 is 2.25 bits per heavy atom. The Kier molecular flexibility index (Phi) is 4.84. The Morgan fingerprint density at radius 1 is 1.45 bits per heavy atom. The zero-order valence-electron chi connectivity index (χ0n) is 11.9. The van der Waals surface area contributed by atoms with Crippen LogP contribution < -0.4 is 0 Å². The molecule has 0 bridgehead atoms. The molecular weight excluding hydrogens is 276 g/mol. The minimum atomic E-state index is -0.423. The van der Waals surface area contributed by atoms with Crippen LogP contribution in [-0.4, -0.2) is 33.1 Å². The average Bonchev–Trinajstić information content (AvgIpc) is 3.03. The summed E-state index contributed by atoms with van der Waals surface area (Å²) in [5, 5.41) is 8.04. The Labute approximate surface area is 121 Å². The number of carbonyl (C=O) groups is 1. The van der Waals surface area contributed by atoms with Gasteiger partial charge in [-0.15, -0.1) is 16.4 Å². The minimum Gasteiger partial charge on any atom is -0.464 e. The van der Waals surface area contributed by atoms with Crippen molar-refractivity contribution in [3.63, 3.8) is 0 Å². The van der Waals surface area contributed by atoms with E-state index in [0.29, 0.717) is 12.2 Å². The molecule has 0 unspecified atom stereocenters. The van der Waals surface area contributed by atoms with E-state index in [0.717, 1.165) is 30.7 Å². The Hall–Kier alpha value is -1.76. The second-order valence-electron chi connectivity index (χ2n) is 4.46. The fourth-order valence-electron chi connectivity index (χ4n) is 2.03. The molecule has 0 spiro atoms. The average molecular weight is 294 g/mol. The first-order valence-electron chi connectivity index (χ1n) is 6.57. The lowest BCUT2D eigenvalue weighted by molar-refractivity contribution is 0.0592. The number of rotatable bonds is 6. The van der Waals surface area contributed by atoms with E-state index < -0.39 is 5.97 Å². The molecule has 0 saturated heterocycles. The number of nitrogens with zero attached hydrogens (tertiary/aromatic N) is 4. The summed E-state index contributed by atoms with van der Waals surface area (Å²) in [5.41, 5.74) is 4.08. The molecule has 2 aromatic rings. The van der Waals surface area contributed by atoms with Gasteiger partial charge in [0, 0.05) is 17.8 Å². The van der Waals surface area contributed by atoms with Crippen LogP contribution in [0.5, 0.6) is 0 Å². The van der Waals surface area contributed by atoms with Crippen molar-refractivity contribution in [1.82, 2.24) is 20.0 Å². The van der Waals surface area contributed by atoms with Crippen LogP contribution >= 0.6 is 11.3 Å². The van der Waals surface area contributed by atoms with Crippen molar-refractivity contribution in [1.29, 1.82) is 0 Å². The molecule has 20 heavy (non-hydrogen) atoms. The Balaban J connectivity index is 2.17. The second kappa shape index (κ2) is 6.60. The zero-order chi connectivity index (χ0) is 14.5. The number of hydrogen-bond acceptors (Lipinski definition) is 6. The van der Waals surface area contributed by atoms with Gasteiger partial charge in [-0.1, -0.05) is 18.6 Å². The van der Waals surface area contributed by atoms with Gasteiger partial charge in [-0.3, -0.25) is 0 Å². The second-order valence-corrected chi connectivity index (χ2v) is 5.40. The summed E-state index contributed by atoms with van der Waals surface area (Å²) in [5.74, 6) is -0.423. The lowest BCUT2D eigenvalue weighted by atomic mass is 10.2. The molecule has 0 atom stereocenters. The summed E-state index contributed by atoms with van der Waals surface area (Å²) in [6, 6.07) is 0. The number of aromatic nitrogens is 4. The highest BCUT2D eigenvalue weighted by molar-refractivity contribution is 7.09. The summed E-state index contributed by atoms with van der Waals surface area (Å²) >= 11 is 1.64. The maximum Gasteiger partial charge on any atom is 0.360 e. The van der Waals surface area contributed by atoms with Crippen LogP contribution in [0.1, 0.15) is 40.1 Å². The topological polar surface area (TPSA) is 69.9 Å². The third kappa shape index (κ3) is 3.04. The first-order chi connectivity index (χ1) is 9.67. The molecular formula is C13H18N4O2S. The quantitative estimate of drug-likeness (QED) is 0.762. The van der Waals surface area contributed by atoms with Crippen molar-refractivity contribution in [2.75, 3.05) is 7.11 Å². The molecule has 0 radical (unpaired) electrons. The number of thiazole rings is 1. The first-order valence-corrected chi connectivity index (χ1v) is 7.45. The SMILES string of the molecule is CCCc1c(C(=O)OC)nnn1CCc1scnc1C. The van der Waals surface area contributed by atoms with Gasteiger partial charge < -0.3 is 4.74 Å². The molecule has 2 rings (SSSR count). The molecule has 7 heteroatoms. The van der Waals surface area contributed by atoms with E-state index in [4.69, 9.17) is 4.74 Å². The van der Waals surface area contributed by atoms with Gasteiger partial charge in [-0.05, 0) is 13.3 Å². The highest BCUT2D eigenvalue weighted by Crippen LogP contribution is 2.15. The number of ether oxygens (including phenoxy) is 1. The van der Waals surface area contributed by atoms with Crippen LogP contribution in [0.25, 0.3) is 0 Å². The number of methoxy groups -OCH3 is 1. The van der Waals surface area contributed by atoms with Gasteiger partial charge in [0.15, 0.2) is 5.69 Å². The molecule has 108 valence electrons. The highest BCUT2D eigenvalue weighted by Gasteiger charge is 2.19. The van der Waals surface area contributed by atoms with Gasteiger partial charge in [0.05, 0.1) is 24.0 Å². The van der Waals surface area contributed by atoms with Gasteiger partial charge >= 0.3 is 5.97 Å². The van der Waals surface area contributed by atoms with Crippen LogP contribution in [0.2, 0.25) is 0 Å². The van der Waals surface area contributed by atoms with E-state index >= 15 is 0 Å². The van der Waals surface area contributed by atoms with Gasteiger partial charge in [0.1, 0.15) is 0 Å². The van der Waals surface area contributed by atoms with Crippen molar-refractivity contribution in [2.24, 2.45) is 0 Å². The summed E-state index contributed by atoms with van der Waals surface area (Å²) in [6.45, 7) is 4.76. The third-order valence-corrected chi connectivity index (χ3v) is 4.09. The summed E-state index contributed by atoms with van der Waals surface area (Å²) < 4.78 is 6.54. The van der Waals surface area contributed by atoms with E-state index in [9.17, 15) is 4.79 Å². The van der Waals surface area contributed by atoms with Crippen molar-refractivity contribution in [3.8, 4) is 0 Å². The third-order valence-electron chi connectivity index (χ3n) is 3.10. The summed E-state index contributed by atoms with van der Waals surface area (Å²) in [6.07, 6.45) is 2.53. The zero-order valence-corrected chi connectivity index (χ0v) is 12.7. The maximum atomic E-state index is 11.7. The number of hydrogen-bond donors (Lipinski definition) is 0. The molecule has 0 amide bonds. The normalized spacial score (nSPS) is 10.8. The van der Waals surface area contributed by atoms with Crippen molar-refractivity contribution >= 4 is 17.3 Å². The molecule has 0 aliphatic carbocycles. The van der Waals surface area contributed by atoms with E-state index in [-0.39, 0.29) is 0 Å². The smallest absolute Gasteiger partial charge is 0.360 e. The van der Waals surface area contributed by atoms with Gasteiger partial charge in [-0.25, -0.2) is 14.5 Å². The lowest BCUT2D eigenvalue weighted by Crippen LogP contribution is -2.11. The molecule has 2 aromatic heterocycles. The van der Waals surface area contributed by atoms with Crippen LogP contribution in [-0.2, 0) is 24.1 Å². The molecule has 0 fully saturated rings. The predicted octanol–water partition coefficient (Wildman–Crippen LogP) is 2.02. The van der Waals surface area contributed by atoms with E-state index in [2.05, 4.69) is 22.2 Å². The van der Waals surface area contributed by atoms with E-state index in [1.54, 1.807) is 16.0 Å². The van der Waals surface area contributed by atoms with E-state index in [1.165, 1.54) is 12.0 Å². The number of aryl methyl sites for hydroxylation is 3. The van der Waals surface area contributed by atoms with Crippen molar-refractivity contribution in [3.05, 3.63) is 27.5 Å². The van der Waals surface area contributed by atoms with Crippen molar-refractivity contribution in [2.45, 2.75) is 39.7 Å². The van der Waals surface area contributed by atoms with Crippen LogP contribution in [0.3, 0.4) is 0 Å². The number of esters is 1. The molecule has 0 saturated carbocycles.